The normalized spacial score (nSPS) is 19.2. The third-order valence-electron chi connectivity index (χ3n) is 5.03. The molecule has 0 aliphatic carbocycles. The van der Waals surface area contributed by atoms with Gasteiger partial charge in [0.1, 0.15) is 12.5 Å². The zero-order valence-corrected chi connectivity index (χ0v) is 17.1. The van der Waals surface area contributed by atoms with E-state index in [1.165, 1.54) is 4.90 Å². The van der Waals surface area contributed by atoms with Gasteiger partial charge in [0.15, 0.2) is 11.5 Å². The molecular weight excluding hydrogens is 388 g/mol. The van der Waals surface area contributed by atoms with Crippen LogP contribution in [-0.4, -0.2) is 52.1 Å². The second-order valence-electron chi connectivity index (χ2n) is 7.07. The van der Waals surface area contributed by atoms with Crippen LogP contribution in [0.4, 0.5) is 4.79 Å². The first-order chi connectivity index (χ1) is 14.4. The summed E-state index contributed by atoms with van der Waals surface area (Å²) in [6.45, 7) is 4.88. The molecular formula is C22H28N2O6. The predicted molar refractivity (Wildman–Crippen MR) is 111 cm³/mol. The van der Waals surface area contributed by atoms with E-state index in [0.717, 1.165) is 5.56 Å². The fourth-order valence-electron chi connectivity index (χ4n) is 3.77. The number of benzene rings is 2. The van der Waals surface area contributed by atoms with E-state index in [0.29, 0.717) is 42.3 Å². The van der Waals surface area contributed by atoms with E-state index < -0.39 is 24.6 Å². The quantitative estimate of drug-likeness (QED) is 0.497. The molecule has 0 saturated carbocycles. The molecule has 0 spiro atoms. The Kier molecular flexibility index (Phi) is 7.15. The van der Waals surface area contributed by atoms with Gasteiger partial charge in [0, 0.05) is 23.7 Å². The van der Waals surface area contributed by atoms with E-state index >= 15 is 0 Å². The van der Waals surface area contributed by atoms with Crippen molar-refractivity contribution in [3.05, 3.63) is 59.2 Å². The highest BCUT2D eigenvalue weighted by Crippen LogP contribution is 2.39. The third kappa shape index (κ3) is 4.84. The molecule has 1 aliphatic heterocycles. The topological polar surface area (TPSA) is 111 Å². The molecule has 8 nitrogen and oxygen atoms in total. The number of nitrogens with one attached hydrogen (secondary N) is 1. The first-order valence-corrected chi connectivity index (χ1v) is 10.0. The number of hydrogen-bond acceptors (Lipinski definition) is 6. The Hall–Kier alpha value is -2.81. The van der Waals surface area contributed by atoms with Gasteiger partial charge in [-0.1, -0.05) is 30.3 Å². The van der Waals surface area contributed by atoms with Gasteiger partial charge in [-0.2, -0.15) is 0 Å². The highest BCUT2D eigenvalue weighted by molar-refractivity contribution is 5.65. The van der Waals surface area contributed by atoms with Gasteiger partial charge < -0.3 is 30.1 Å². The van der Waals surface area contributed by atoms with Crippen molar-refractivity contribution in [1.82, 2.24) is 10.2 Å². The Labute approximate surface area is 175 Å². The van der Waals surface area contributed by atoms with Crippen molar-refractivity contribution in [3.8, 4) is 11.5 Å². The van der Waals surface area contributed by atoms with Crippen molar-refractivity contribution in [2.24, 2.45) is 0 Å². The van der Waals surface area contributed by atoms with Crippen LogP contribution in [0.5, 0.6) is 11.5 Å². The lowest BCUT2D eigenvalue weighted by atomic mass is 10.0. The van der Waals surface area contributed by atoms with Crippen LogP contribution in [0.15, 0.2) is 42.5 Å². The molecule has 2 aromatic rings. The number of hydrogen-bond donors (Lipinski definition) is 4. The lowest BCUT2D eigenvalue weighted by molar-refractivity contribution is -0.0881. The lowest BCUT2D eigenvalue weighted by Gasteiger charge is -2.29. The number of ether oxygens (including phenoxy) is 2. The number of carbonyl (C=O) groups is 1. The van der Waals surface area contributed by atoms with Gasteiger partial charge in [-0.05, 0) is 38.0 Å². The van der Waals surface area contributed by atoms with Crippen LogP contribution < -0.4 is 14.8 Å². The molecule has 0 aromatic heterocycles. The van der Waals surface area contributed by atoms with E-state index in [-0.39, 0.29) is 6.54 Å². The smallest absolute Gasteiger partial charge is 0.404 e. The van der Waals surface area contributed by atoms with E-state index in [1.54, 1.807) is 30.3 Å². The number of amides is 1. The van der Waals surface area contributed by atoms with Gasteiger partial charge in [0.05, 0.1) is 13.2 Å². The summed E-state index contributed by atoms with van der Waals surface area (Å²) in [5.41, 5.74) is 2.10. The van der Waals surface area contributed by atoms with Crippen LogP contribution in [0.3, 0.4) is 0 Å². The Bertz CT molecular complexity index is 845. The first kappa shape index (κ1) is 21.9. The van der Waals surface area contributed by atoms with E-state index in [9.17, 15) is 20.1 Å². The van der Waals surface area contributed by atoms with Gasteiger partial charge in [-0.3, -0.25) is 0 Å². The molecule has 0 bridgehead atoms. The molecule has 0 radical (unpaired) electrons. The summed E-state index contributed by atoms with van der Waals surface area (Å²) in [5.74, 6) is 1.23. The molecule has 8 heteroatoms. The van der Waals surface area contributed by atoms with Gasteiger partial charge in [0.25, 0.3) is 0 Å². The van der Waals surface area contributed by atoms with Crippen molar-refractivity contribution in [2.45, 2.75) is 38.8 Å². The molecule has 3 unspecified atom stereocenters. The highest BCUT2D eigenvalue weighted by Gasteiger charge is 2.37. The van der Waals surface area contributed by atoms with Crippen LogP contribution in [0.25, 0.3) is 0 Å². The third-order valence-corrected chi connectivity index (χ3v) is 5.03. The van der Waals surface area contributed by atoms with Gasteiger partial charge in [-0.25, -0.2) is 9.69 Å². The largest absolute Gasteiger partial charge is 0.490 e. The number of fused-ring (bicyclic) bond motifs is 1. The second kappa shape index (κ2) is 9.80. The van der Waals surface area contributed by atoms with Crippen LogP contribution in [-0.2, 0) is 6.42 Å². The van der Waals surface area contributed by atoms with Crippen LogP contribution in [0.2, 0.25) is 0 Å². The van der Waals surface area contributed by atoms with Crippen molar-refractivity contribution in [2.75, 3.05) is 19.8 Å². The van der Waals surface area contributed by atoms with Crippen molar-refractivity contribution >= 4 is 6.09 Å². The molecule has 30 heavy (non-hydrogen) atoms. The predicted octanol–water partition coefficient (Wildman–Crippen LogP) is 2.66. The average Bonchev–Trinajstić information content (AvgIpc) is 2.95. The maximum Gasteiger partial charge on any atom is 0.404 e. The summed E-state index contributed by atoms with van der Waals surface area (Å²) in [7, 11) is 0. The average molecular weight is 416 g/mol. The van der Waals surface area contributed by atoms with Crippen molar-refractivity contribution < 1.29 is 29.6 Å². The summed E-state index contributed by atoms with van der Waals surface area (Å²) in [6, 6.07) is 12.0. The minimum absolute atomic E-state index is 0.125. The maximum atomic E-state index is 11.4. The molecule has 0 saturated heterocycles. The zero-order valence-electron chi connectivity index (χ0n) is 17.1. The van der Waals surface area contributed by atoms with E-state index in [1.807, 2.05) is 26.0 Å². The molecule has 4 N–H and O–H groups in total. The van der Waals surface area contributed by atoms with Gasteiger partial charge in [0.2, 0.25) is 0 Å². The van der Waals surface area contributed by atoms with Crippen LogP contribution in [0.1, 0.15) is 43.0 Å². The standard InChI is InChI=1S/C22H28N2O6/c1-3-29-18-10-9-14(12-19(18)30-4-2)11-15(23-22(27)28)13-24-20(25)16-7-5-6-8-17(16)21(24)26/h5-10,12,15,20-21,23,25-26H,3-4,11,13H2,1-2H3,(H,27,28). The number of nitrogens with zero attached hydrogens (tertiary/aromatic N) is 1. The lowest BCUT2D eigenvalue weighted by Crippen LogP contribution is -2.45. The molecule has 0 fully saturated rings. The summed E-state index contributed by atoms with van der Waals surface area (Å²) < 4.78 is 11.2. The molecule has 1 heterocycles. The van der Waals surface area contributed by atoms with Crippen LogP contribution in [0, 0.1) is 0 Å². The first-order valence-electron chi connectivity index (χ1n) is 10.0. The SMILES string of the molecule is CCOc1ccc(CC(CN2C(O)c3ccccc3C2O)NC(=O)O)cc1OCC. The molecule has 1 aliphatic rings. The highest BCUT2D eigenvalue weighted by atomic mass is 16.5. The second-order valence-corrected chi connectivity index (χ2v) is 7.07. The summed E-state index contributed by atoms with van der Waals surface area (Å²) >= 11 is 0. The monoisotopic (exact) mass is 416 g/mol. The molecule has 162 valence electrons. The van der Waals surface area contributed by atoms with Crippen molar-refractivity contribution in [3.63, 3.8) is 0 Å². The maximum absolute atomic E-state index is 11.4. The van der Waals surface area contributed by atoms with E-state index in [4.69, 9.17) is 9.47 Å². The zero-order chi connectivity index (χ0) is 21.7. The fraction of sp³-hybridized carbons (Fsp3) is 0.409. The Morgan fingerprint density at radius 1 is 1.03 bits per heavy atom. The van der Waals surface area contributed by atoms with Crippen molar-refractivity contribution in [1.29, 1.82) is 0 Å². The van der Waals surface area contributed by atoms with Gasteiger partial charge in [-0.15, -0.1) is 0 Å². The fourth-order valence-corrected chi connectivity index (χ4v) is 3.77. The number of carboxylic acid groups (broad SMARTS) is 1. The summed E-state index contributed by atoms with van der Waals surface area (Å²) in [6.07, 6.45) is -2.83. The number of aliphatic hydroxyl groups is 2. The van der Waals surface area contributed by atoms with E-state index in [2.05, 4.69) is 5.32 Å². The summed E-state index contributed by atoms with van der Waals surface area (Å²) in [4.78, 5) is 12.8. The Morgan fingerprint density at radius 3 is 2.20 bits per heavy atom. The molecule has 3 atom stereocenters. The Morgan fingerprint density at radius 2 is 1.63 bits per heavy atom. The molecule has 2 aromatic carbocycles. The minimum atomic E-state index is -1.17. The molecule has 1 amide bonds. The number of rotatable bonds is 9. The minimum Gasteiger partial charge on any atom is -0.490 e. The van der Waals surface area contributed by atoms with Crippen LogP contribution >= 0.6 is 0 Å². The summed E-state index contributed by atoms with van der Waals surface area (Å²) in [5, 5.41) is 33.0. The Balaban J connectivity index is 1.79. The van der Waals surface area contributed by atoms with Gasteiger partial charge >= 0.3 is 6.09 Å². The number of aliphatic hydroxyl groups excluding tert-OH is 2. The molecule has 3 rings (SSSR count).